The van der Waals surface area contributed by atoms with E-state index in [9.17, 15) is 8.78 Å². The van der Waals surface area contributed by atoms with Crippen molar-refractivity contribution < 1.29 is 13.9 Å². The third kappa shape index (κ3) is 2.79. The predicted octanol–water partition coefficient (Wildman–Crippen LogP) is 1.73. The van der Waals surface area contributed by atoms with Gasteiger partial charge in [0, 0.05) is 12.1 Å². The van der Waals surface area contributed by atoms with Gasteiger partial charge in [-0.25, -0.2) is 8.78 Å². The highest BCUT2D eigenvalue weighted by molar-refractivity contribution is 5.67. The number of nitrogens with two attached hydrogens (primary N) is 1. The molecule has 0 aromatic heterocycles. The fourth-order valence-corrected chi connectivity index (χ4v) is 1.20. The van der Waals surface area contributed by atoms with Gasteiger partial charge in [0.05, 0.1) is 18.0 Å². The number of hydrogen-bond acceptors (Lipinski definition) is 3. The van der Waals surface area contributed by atoms with Gasteiger partial charge in [0.15, 0.2) is 5.82 Å². The minimum Gasteiger partial charge on any atom is -0.395 e. The molecule has 1 unspecified atom stereocenters. The van der Waals surface area contributed by atoms with Crippen LogP contribution in [-0.4, -0.2) is 17.8 Å². The second kappa shape index (κ2) is 4.93. The summed E-state index contributed by atoms with van der Waals surface area (Å²) in [7, 11) is 0. The van der Waals surface area contributed by atoms with Crippen LogP contribution in [0.15, 0.2) is 12.1 Å². The molecule has 0 heterocycles. The lowest BCUT2D eigenvalue weighted by molar-refractivity contribution is 0.272. The molecule has 0 aliphatic heterocycles. The van der Waals surface area contributed by atoms with Gasteiger partial charge in [-0.2, -0.15) is 0 Å². The summed E-state index contributed by atoms with van der Waals surface area (Å²) in [6, 6.07) is 1.57. The molecule has 0 bridgehead atoms. The molecule has 0 saturated heterocycles. The maximum absolute atomic E-state index is 13.0. The van der Waals surface area contributed by atoms with Crippen LogP contribution in [0.3, 0.4) is 0 Å². The van der Waals surface area contributed by atoms with Crippen LogP contribution < -0.4 is 11.1 Å². The van der Waals surface area contributed by atoms with Crippen molar-refractivity contribution in [2.24, 2.45) is 0 Å². The minimum atomic E-state index is -0.801. The normalized spacial score (nSPS) is 12.5. The fraction of sp³-hybridized carbons (Fsp3) is 0.400. The van der Waals surface area contributed by atoms with E-state index in [2.05, 4.69) is 5.32 Å². The van der Waals surface area contributed by atoms with Crippen LogP contribution in [0.25, 0.3) is 0 Å². The Labute approximate surface area is 86.9 Å². The third-order valence-electron chi connectivity index (χ3n) is 2.17. The minimum absolute atomic E-state index is 0.117. The molecular weight excluding hydrogens is 202 g/mol. The number of aliphatic hydroxyl groups is 1. The lowest BCUT2D eigenvalue weighted by atomic mass is 10.2. The van der Waals surface area contributed by atoms with E-state index in [1.165, 1.54) is 0 Å². The highest BCUT2D eigenvalue weighted by Crippen LogP contribution is 2.24. The van der Waals surface area contributed by atoms with E-state index < -0.39 is 11.6 Å². The summed E-state index contributed by atoms with van der Waals surface area (Å²) >= 11 is 0. The van der Waals surface area contributed by atoms with Crippen molar-refractivity contribution in [1.82, 2.24) is 0 Å². The van der Waals surface area contributed by atoms with Crippen molar-refractivity contribution in [3.05, 3.63) is 23.8 Å². The Morgan fingerprint density at radius 3 is 2.67 bits per heavy atom. The number of benzene rings is 1. The summed E-state index contributed by atoms with van der Waals surface area (Å²) in [5.74, 6) is -1.50. The zero-order valence-electron chi connectivity index (χ0n) is 8.43. The van der Waals surface area contributed by atoms with Gasteiger partial charge < -0.3 is 16.2 Å². The smallest absolute Gasteiger partial charge is 0.151 e. The molecule has 15 heavy (non-hydrogen) atoms. The molecule has 84 valence electrons. The predicted molar refractivity (Wildman–Crippen MR) is 55.6 cm³/mol. The largest absolute Gasteiger partial charge is 0.395 e. The Morgan fingerprint density at radius 2 is 2.13 bits per heavy atom. The van der Waals surface area contributed by atoms with Crippen LogP contribution in [0.5, 0.6) is 0 Å². The summed E-state index contributed by atoms with van der Waals surface area (Å²) < 4.78 is 25.9. The number of hydrogen-bond donors (Lipinski definition) is 3. The molecule has 5 heteroatoms. The Kier molecular flexibility index (Phi) is 3.85. The Balaban J connectivity index is 2.93. The van der Waals surface area contributed by atoms with Crippen molar-refractivity contribution in [3.8, 4) is 0 Å². The second-order valence-corrected chi connectivity index (χ2v) is 3.28. The van der Waals surface area contributed by atoms with Crippen molar-refractivity contribution >= 4 is 11.4 Å². The molecular formula is C10H14F2N2O. The number of rotatable bonds is 4. The highest BCUT2D eigenvalue weighted by atomic mass is 19.1. The van der Waals surface area contributed by atoms with Crippen LogP contribution in [0.2, 0.25) is 0 Å². The van der Waals surface area contributed by atoms with E-state index in [4.69, 9.17) is 10.8 Å². The Morgan fingerprint density at radius 1 is 1.47 bits per heavy atom. The molecule has 0 aliphatic carbocycles. The quantitative estimate of drug-likeness (QED) is 0.672. The van der Waals surface area contributed by atoms with E-state index in [1.54, 1.807) is 0 Å². The fourth-order valence-electron chi connectivity index (χ4n) is 1.20. The number of nitrogen functional groups attached to an aromatic ring is 1. The van der Waals surface area contributed by atoms with E-state index >= 15 is 0 Å². The van der Waals surface area contributed by atoms with Crippen LogP contribution in [0.4, 0.5) is 20.2 Å². The lowest BCUT2D eigenvalue weighted by Crippen LogP contribution is -2.23. The van der Waals surface area contributed by atoms with E-state index in [0.29, 0.717) is 6.42 Å². The number of aliphatic hydroxyl groups excluding tert-OH is 1. The van der Waals surface area contributed by atoms with Gasteiger partial charge in [-0.05, 0) is 12.5 Å². The molecule has 1 atom stereocenters. The highest BCUT2D eigenvalue weighted by Gasteiger charge is 2.11. The van der Waals surface area contributed by atoms with Crippen molar-refractivity contribution in [1.29, 1.82) is 0 Å². The number of nitrogens with one attached hydrogen (secondary N) is 1. The number of halogens is 2. The molecule has 4 N–H and O–H groups in total. The van der Waals surface area contributed by atoms with Crippen LogP contribution >= 0.6 is 0 Å². The molecule has 0 amide bonds. The van der Waals surface area contributed by atoms with E-state index in [-0.39, 0.29) is 24.0 Å². The first-order chi connectivity index (χ1) is 7.08. The maximum Gasteiger partial charge on any atom is 0.151 e. The zero-order chi connectivity index (χ0) is 11.4. The van der Waals surface area contributed by atoms with Gasteiger partial charge in [-0.1, -0.05) is 6.92 Å². The summed E-state index contributed by atoms with van der Waals surface area (Å²) in [6.07, 6.45) is 0.633. The van der Waals surface area contributed by atoms with Gasteiger partial charge in [-0.3, -0.25) is 0 Å². The van der Waals surface area contributed by atoms with Crippen molar-refractivity contribution in [2.75, 3.05) is 17.7 Å². The molecule has 0 aliphatic rings. The first-order valence-corrected chi connectivity index (χ1v) is 4.70. The first kappa shape index (κ1) is 11.7. The Hall–Kier alpha value is -1.36. The molecule has 0 spiro atoms. The molecule has 0 fully saturated rings. The average molecular weight is 216 g/mol. The molecule has 1 rings (SSSR count). The molecule has 1 aromatic carbocycles. The third-order valence-corrected chi connectivity index (χ3v) is 2.17. The standard InChI is InChI=1S/C10H14F2N2O/c1-2-7(5-15)14-9-4-6(11)3-8(12)10(9)13/h3-4,7,14-15H,2,5,13H2,1H3. The van der Waals surface area contributed by atoms with Gasteiger partial charge in [-0.15, -0.1) is 0 Å². The second-order valence-electron chi connectivity index (χ2n) is 3.28. The molecule has 0 radical (unpaired) electrons. The average Bonchev–Trinajstić information content (AvgIpc) is 2.21. The van der Waals surface area contributed by atoms with Crippen LogP contribution in [0, 0.1) is 11.6 Å². The van der Waals surface area contributed by atoms with Gasteiger partial charge in [0.25, 0.3) is 0 Å². The van der Waals surface area contributed by atoms with Gasteiger partial charge in [0.2, 0.25) is 0 Å². The first-order valence-electron chi connectivity index (χ1n) is 4.70. The summed E-state index contributed by atoms with van der Waals surface area (Å²) in [5.41, 5.74) is 5.46. The molecule has 0 saturated carbocycles. The van der Waals surface area contributed by atoms with Crippen molar-refractivity contribution in [2.45, 2.75) is 19.4 Å². The van der Waals surface area contributed by atoms with Crippen molar-refractivity contribution in [3.63, 3.8) is 0 Å². The number of anilines is 2. The SMILES string of the molecule is CCC(CO)Nc1cc(F)cc(F)c1N. The van der Waals surface area contributed by atoms with E-state index in [0.717, 1.165) is 12.1 Å². The molecule has 1 aromatic rings. The van der Waals surface area contributed by atoms with Crippen LogP contribution in [-0.2, 0) is 0 Å². The monoisotopic (exact) mass is 216 g/mol. The zero-order valence-corrected chi connectivity index (χ0v) is 8.43. The summed E-state index contributed by atoms with van der Waals surface area (Å²) in [4.78, 5) is 0. The summed E-state index contributed by atoms with van der Waals surface area (Å²) in [6.45, 7) is 1.73. The van der Waals surface area contributed by atoms with Crippen LogP contribution in [0.1, 0.15) is 13.3 Å². The topological polar surface area (TPSA) is 58.3 Å². The lowest BCUT2D eigenvalue weighted by Gasteiger charge is -2.17. The molecule has 3 nitrogen and oxygen atoms in total. The Bertz CT molecular complexity index is 340. The summed E-state index contributed by atoms with van der Waals surface area (Å²) in [5, 5.41) is 11.7. The van der Waals surface area contributed by atoms with Gasteiger partial charge >= 0.3 is 0 Å². The maximum atomic E-state index is 13.0. The van der Waals surface area contributed by atoms with Gasteiger partial charge in [0.1, 0.15) is 5.82 Å². The van der Waals surface area contributed by atoms with E-state index in [1.807, 2.05) is 6.92 Å².